The van der Waals surface area contributed by atoms with E-state index >= 15 is 0 Å². The predicted octanol–water partition coefficient (Wildman–Crippen LogP) is 3.71. The number of nitrogens with zero attached hydrogens (tertiary/aromatic N) is 4. The van der Waals surface area contributed by atoms with E-state index in [0.717, 1.165) is 6.07 Å². The van der Waals surface area contributed by atoms with Gasteiger partial charge in [-0.15, -0.1) is 0 Å². The van der Waals surface area contributed by atoms with Crippen LogP contribution in [0.25, 0.3) is 0 Å². The molecule has 0 aliphatic carbocycles. The number of carbonyl (C=O) groups excluding carboxylic acids is 1. The van der Waals surface area contributed by atoms with Crippen molar-refractivity contribution < 1.29 is 38.7 Å². The molecular formula is C28H32N6O8. The van der Waals surface area contributed by atoms with Crippen LogP contribution in [0.15, 0.2) is 12.1 Å². The van der Waals surface area contributed by atoms with Gasteiger partial charge in [-0.2, -0.15) is 21.0 Å². The van der Waals surface area contributed by atoms with Gasteiger partial charge in [-0.05, 0) is 20.8 Å². The van der Waals surface area contributed by atoms with Gasteiger partial charge in [0.1, 0.15) is 41.0 Å². The minimum Gasteiger partial charge on any atom is -0.504 e. The Morgan fingerprint density at radius 3 is 1.76 bits per heavy atom. The third kappa shape index (κ3) is 9.65. The van der Waals surface area contributed by atoms with Gasteiger partial charge in [-0.1, -0.05) is 0 Å². The summed E-state index contributed by atoms with van der Waals surface area (Å²) in [5.41, 5.74) is -0.239. The molecule has 2 aromatic rings. The Bertz CT molecular complexity index is 1430. The number of methoxy groups -OCH3 is 3. The van der Waals surface area contributed by atoms with E-state index < -0.39 is 23.3 Å². The first-order chi connectivity index (χ1) is 19.9. The number of aromatic hydroxyl groups is 2. The molecule has 4 N–H and O–H groups in total. The molecule has 0 atom stereocenters. The van der Waals surface area contributed by atoms with Gasteiger partial charge in [-0.3, -0.25) is 0 Å². The second-order valence-corrected chi connectivity index (χ2v) is 9.10. The van der Waals surface area contributed by atoms with E-state index in [9.17, 15) is 25.5 Å². The van der Waals surface area contributed by atoms with E-state index in [1.165, 1.54) is 27.4 Å². The first kappa shape index (κ1) is 34.6. The molecule has 222 valence electrons. The summed E-state index contributed by atoms with van der Waals surface area (Å²) in [6.07, 6.45) is -0.977. The zero-order chi connectivity index (χ0) is 31.9. The largest absolute Gasteiger partial charge is 0.514 e. The summed E-state index contributed by atoms with van der Waals surface area (Å²) in [5, 5.41) is 61.2. The number of anilines is 2. The number of rotatable bonds is 10. The summed E-state index contributed by atoms with van der Waals surface area (Å²) < 4.78 is 25.2. The van der Waals surface area contributed by atoms with Crippen LogP contribution in [0.4, 0.5) is 16.2 Å². The number of nitriles is 4. The normalized spacial score (nSPS) is 9.95. The number of hydrogen-bond acceptors (Lipinski definition) is 14. The highest BCUT2D eigenvalue weighted by Crippen LogP contribution is 2.39. The molecule has 0 amide bonds. The summed E-state index contributed by atoms with van der Waals surface area (Å²) in [7, 11) is 4.40. The topological polar surface area (TPSA) is 223 Å². The lowest BCUT2D eigenvalue weighted by molar-refractivity contribution is 0.0200. The molecule has 0 fully saturated rings. The average Bonchev–Trinajstić information content (AvgIpc) is 2.94. The second-order valence-electron chi connectivity index (χ2n) is 9.10. The van der Waals surface area contributed by atoms with Crippen LogP contribution >= 0.6 is 0 Å². The van der Waals surface area contributed by atoms with Crippen LogP contribution in [-0.4, -0.2) is 69.6 Å². The Balaban J connectivity index is 0.000000452. The third-order valence-corrected chi connectivity index (χ3v) is 5.00. The van der Waals surface area contributed by atoms with E-state index in [4.69, 9.17) is 34.2 Å². The summed E-state index contributed by atoms with van der Waals surface area (Å²) in [5.74, 6) is -1.06. The molecule has 2 rings (SSSR count). The molecule has 0 spiro atoms. The van der Waals surface area contributed by atoms with Crippen LogP contribution in [-0.2, 0) is 14.2 Å². The Morgan fingerprint density at radius 1 is 0.833 bits per heavy atom. The maximum atomic E-state index is 12.0. The lowest BCUT2D eigenvalue weighted by Gasteiger charge is -2.20. The smallest absolute Gasteiger partial charge is 0.504 e. The number of carbonyl (C=O) groups is 1. The van der Waals surface area contributed by atoms with Crippen molar-refractivity contribution in [3.05, 3.63) is 34.4 Å². The van der Waals surface area contributed by atoms with Gasteiger partial charge in [-0.25, -0.2) is 4.79 Å². The number of nitrogens with one attached hydrogen (secondary N) is 2. The van der Waals surface area contributed by atoms with Crippen LogP contribution in [0.5, 0.6) is 23.0 Å². The minimum absolute atomic E-state index is 0.0298. The van der Waals surface area contributed by atoms with Gasteiger partial charge >= 0.3 is 6.16 Å². The van der Waals surface area contributed by atoms with Gasteiger partial charge in [0.2, 0.25) is 0 Å². The maximum Gasteiger partial charge on any atom is 0.514 e. The highest BCUT2D eigenvalue weighted by atomic mass is 16.7. The molecule has 0 saturated carbocycles. The van der Waals surface area contributed by atoms with E-state index in [1.54, 1.807) is 26.8 Å². The lowest BCUT2D eigenvalue weighted by Crippen LogP contribution is -2.26. The van der Waals surface area contributed by atoms with Crippen LogP contribution in [0.3, 0.4) is 0 Å². The SMILES string of the molecule is COCCNc1c(C#N)cc(O)c(O)c1C#N.COCCNc1c(C#N)cc(OC)c(OC(=O)OC(C)(C)C)c1C#N. The molecule has 0 aliphatic rings. The van der Waals surface area contributed by atoms with Gasteiger partial charge in [0, 0.05) is 39.4 Å². The summed E-state index contributed by atoms with van der Waals surface area (Å²) >= 11 is 0. The molecule has 42 heavy (non-hydrogen) atoms. The maximum absolute atomic E-state index is 12.0. The van der Waals surface area contributed by atoms with Gasteiger partial charge in [0.25, 0.3) is 0 Å². The fourth-order valence-corrected chi connectivity index (χ4v) is 3.22. The van der Waals surface area contributed by atoms with Crippen LogP contribution in [0.2, 0.25) is 0 Å². The Kier molecular flexibility index (Phi) is 13.7. The lowest BCUT2D eigenvalue weighted by atomic mass is 10.1. The molecule has 0 unspecified atom stereocenters. The average molecular weight is 581 g/mol. The molecule has 0 heterocycles. The zero-order valence-electron chi connectivity index (χ0n) is 24.1. The van der Waals surface area contributed by atoms with Crippen molar-refractivity contribution >= 4 is 17.5 Å². The second kappa shape index (κ2) is 16.6. The van der Waals surface area contributed by atoms with Gasteiger partial charge in [0.05, 0.1) is 42.8 Å². The highest BCUT2D eigenvalue weighted by molar-refractivity contribution is 5.78. The predicted molar refractivity (Wildman–Crippen MR) is 149 cm³/mol. The van der Waals surface area contributed by atoms with E-state index in [1.807, 2.05) is 18.2 Å². The quantitative estimate of drug-likeness (QED) is 0.103. The molecule has 14 nitrogen and oxygen atoms in total. The monoisotopic (exact) mass is 580 g/mol. The first-order valence-electron chi connectivity index (χ1n) is 12.2. The summed E-state index contributed by atoms with van der Waals surface area (Å²) in [4.78, 5) is 12.0. The molecular weight excluding hydrogens is 548 g/mol. The van der Waals surface area contributed by atoms with Gasteiger partial charge < -0.3 is 44.5 Å². The molecule has 0 aliphatic heterocycles. The molecule has 0 radical (unpaired) electrons. The van der Waals surface area contributed by atoms with Crippen molar-refractivity contribution in [2.75, 3.05) is 58.3 Å². The number of phenolic OH excluding ortho intramolecular Hbond substituents is 2. The molecule has 2 aromatic carbocycles. The molecule has 0 bridgehead atoms. The number of hydrogen-bond donors (Lipinski definition) is 4. The standard InChI is InChI=1S/C17H21N3O5.C11H11N3O3/c1-17(2,3)25-16(21)24-15-12(10-19)14(20-6-7-22-4)11(9-18)8-13(15)23-5;1-17-3-2-14-10-7(5-12)4-9(15)11(16)8(10)6-13/h8,20H,6-7H2,1-5H3;4,14-16H,2-3H2,1H3. The van der Waals surface area contributed by atoms with Crippen molar-refractivity contribution in [2.45, 2.75) is 26.4 Å². The van der Waals surface area contributed by atoms with E-state index in [2.05, 4.69) is 10.6 Å². The zero-order valence-corrected chi connectivity index (χ0v) is 24.1. The van der Waals surface area contributed by atoms with Crippen LogP contribution in [0.1, 0.15) is 43.0 Å². The number of benzene rings is 2. The van der Waals surface area contributed by atoms with Crippen LogP contribution in [0, 0.1) is 45.3 Å². The van der Waals surface area contributed by atoms with Crippen molar-refractivity contribution in [3.8, 4) is 47.3 Å². The van der Waals surface area contributed by atoms with Gasteiger partial charge in [0.15, 0.2) is 23.0 Å². The molecule has 0 saturated heterocycles. The first-order valence-corrected chi connectivity index (χ1v) is 12.2. The number of phenols is 2. The van der Waals surface area contributed by atoms with Crippen molar-refractivity contribution in [2.24, 2.45) is 0 Å². The highest BCUT2D eigenvalue weighted by Gasteiger charge is 2.25. The fourth-order valence-electron chi connectivity index (χ4n) is 3.22. The fraction of sp³-hybridized carbons (Fsp3) is 0.393. The molecule has 0 aromatic heterocycles. The Morgan fingerprint density at radius 2 is 1.33 bits per heavy atom. The third-order valence-electron chi connectivity index (χ3n) is 5.00. The van der Waals surface area contributed by atoms with Crippen molar-refractivity contribution in [1.82, 2.24) is 0 Å². The van der Waals surface area contributed by atoms with Crippen LogP contribution < -0.4 is 20.1 Å². The van der Waals surface area contributed by atoms with Crippen molar-refractivity contribution in [3.63, 3.8) is 0 Å². The number of ether oxygens (including phenoxy) is 5. The van der Waals surface area contributed by atoms with E-state index in [0.29, 0.717) is 26.3 Å². The summed E-state index contributed by atoms with van der Waals surface area (Å²) in [6.45, 7) is 6.55. The molecule has 14 heteroatoms. The minimum atomic E-state index is -0.977. The summed E-state index contributed by atoms with van der Waals surface area (Å²) in [6, 6.07) is 9.99. The van der Waals surface area contributed by atoms with Crippen molar-refractivity contribution in [1.29, 1.82) is 21.0 Å². The van der Waals surface area contributed by atoms with E-state index in [-0.39, 0.29) is 45.1 Å². The Hall–Kier alpha value is -5.41. The Labute approximate surface area is 243 Å².